The number of hydrogen-bond donors (Lipinski definition) is 1. The van der Waals surface area contributed by atoms with Crippen LogP contribution >= 0.6 is 11.8 Å². The van der Waals surface area contributed by atoms with E-state index in [0.29, 0.717) is 6.54 Å². The molecule has 2 heterocycles. The second-order valence-corrected chi connectivity index (χ2v) is 4.44. The summed E-state index contributed by atoms with van der Waals surface area (Å²) in [5, 5.41) is 6.16. The molecule has 2 rings (SSSR count). The predicted octanol–water partition coefficient (Wildman–Crippen LogP) is 1.13. The molecule has 2 N–H and O–H groups in total. The van der Waals surface area contributed by atoms with Gasteiger partial charge in [-0.1, -0.05) is 0 Å². The first kappa shape index (κ1) is 11.1. The molecule has 0 aliphatic rings. The van der Waals surface area contributed by atoms with Gasteiger partial charge in [-0.2, -0.15) is 5.10 Å². The summed E-state index contributed by atoms with van der Waals surface area (Å²) in [5.41, 5.74) is 7.25. The van der Waals surface area contributed by atoms with Crippen LogP contribution in [0.2, 0.25) is 0 Å². The van der Waals surface area contributed by atoms with Gasteiger partial charge in [0.2, 0.25) is 0 Å². The van der Waals surface area contributed by atoms with Crippen molar-refractivity contribution in [2.24, 2.45) is 12.8 Å². The van der Waals surface area contributed by atoms with E-state index in [1.807, 2.05) is 24.7 Å². The van der Waals surface area contributed by atoms with E-state index in [1.54, 1.807) is 24.2 Å². The molecule has 2 aromatic heterocycles. The van der Waals surface area contributed by atoms with Crippen molar-refractivity contribution in [3.63, 3.8) is 0 Å². The largest absolute Gasteiger partial charge is 0.325 e. The summed E-state index contributed by atoms with van der Waals surface area (Å²) >= 11 is 1.54. The van der Waals surface area contributed by atoms with Gasteiger partial charge in [0.05, 0.1) is 23.8 Å². The summed E-state index contributed by atoms with van der Waals surface area (Å²) in [6.07, 6.45) is 3.43. The van der Waals surface area contributed by atoms with Crippen LogP contribution in [-0.4, -0.2) is 19.7 Å². The first-order valence-corrected chi connectivity index (χ1v) is 5.70. The maximum Gasteiger partial charge on any atom is 0.121 e. The summed E-state index contributed by atoms with van der Waals surface area (Å²) in [6.45, 7) is 2.38. The monoisotopic (exact) mass is 235 g/mol. The molecule has 0 saturated heterocycles. The fraction of sp³-hybridized carbons (Fsp3) is 0.300. The zero-order valence-electron chi connectivity index (χ0n) is 9.21. The van der Waals surface area contributed by atoms with Crippen LogP contribution in [0.5, 0.6) is 0 Å². The molecule has 0 saturated carbocycles. The fourth-order valence-electron chi connectivity index (χ4n) is 1.29. The van der Waals surface area contributed by atoms with E-state index in [1.165, 1.54) is 0 Å². The van der Waals surface area contributed by atoms with Crippen molar-refractivity contribution in [3.05, 3.63) is 29.8 Å². The number of rotatable bonds is 3. The van der Waals surface area contributed by atoms with Gasteiger partial charge >= 0.3 is 0 Å². The number of nitrogens with two attached hydrogens (primary N) is 1. The maximum absolute atomic E-state index is 5.46. The molecule has 0 aliphatic heterocycles. The van der Waals surface area contributed by atoms with Crippen LogP contribution in [0.3, 0.4) is 0 Å². The quantitative estimate of drug-likeness (QED) is 0.863. The molecule has 0 unspecified atom stereocenters. The van der Waals surface area contributed by atoms with E-state index in [4.69, 9.17) is 5.73 Å². The second-order valence-electron chi connectivity index (χ2n) is 3.40. The molecule has 0 bridgehead atoms. The van der Waals surface area contributed by atoms with Crippen molar-refractivity contribution in [1.82, 2.24) is 19.7 Å². The summed E-state index contributed by atoms with van der Waals surface area (Å²) in [7, 11) is 1.91. The van der Waals surface area contributed by atoms with Crippen LogP contribution in [0.15, 0.2) is 28.5 Å². The Morgan fingerprint density at radius 1 is 1.38 bits per heavy atom. The molecule has 0 atom stereocenters. The molecule has 16 heavy (non-hydrogen) atoms. The second kappa shape index (κ2) is 4.63. The van der Waals surface area contributed by atoms with Gasteiger partial charge in [0, 0.05) is 13.6 Å². The Hall–Kier alpha value is -1.40. The lowest BCUT2D eigenvalue weighted by atomic mass is 10.5. The third-order valence-electron chi connectivity index (χ3n) is 2.06. The van der Waals surface area contributed by atoms with Crippen LogP contribution < -0.4 is 5.73 Å². The molecular weight excluding hydrogens is 222 g/mol. The van der Waals surface area contributed by atoms with Crippen LogP contribution in [-0.2, 0) is 13.6 Å². The van der Waals surface area contributed by atoms with E-state index in [2.05, 4.69) is 15.1 Å². The molecule has 2 aromatic rings. The Morgan fingerprint density at radius 3 is 2.69 bits per heavy atom. The predicted molar refractivity (Wildman–Crippen MR) is 62.0 cm³/mol. The van der Waals surface area contributed by atoms with Crippen LogP contribution in [0.4, 0.5) is 0 Å². The van der Waals surface area contributed by atoms with Gasteiger partial charge in [0.15, 0.2) is 0 Å². The Morgan fingerprint density at radius 2 is 2.19 bits per heavy atom. The minimum absolute atomic E-state index is 0.419. The molecule has 0 fully saturated rings. The Bertz CT molecular complexity index is 476. The zero-order chi connectivity index (χ0) is 11.5. The first-order valence-electron chi connectivity index (χ1n) is 4.88. The van der Waals surface area contributed by atoms with Crippen molar-refractivity contribution in [2.75, 3.05) is 0 Å². The van der Waals surface area contributed by atoms with Gasteiger partial charge in [-0.3, -0.25) is 9.67 Å². The van der Waals surface area contributed by atoms with E-state index in [-0.39, 0.29) is 0 Å². The summed E-state index contributed by atoms with van der Waals surface area (Å²) in [4.78, 5) is 8.47. The third kappa shape index (κ3) is 2.40. The topological polar surface area (TPSA) is 69.6 Å². The lowest BCUT2D eigenvalue weighted by molar-refractivity contribution is 0.692. The molecule has 0 amide bonds. The fourth-order valence-corrected chi connectivity index (χ4v) is 2.12. The average molecular weight is 235 g/mol. The molecule has 0 aromatic carbocycles. The highest BCUT2D eigenvalue weighted by atomic mass is 32.2. The van der Waals surface area contributed by atoms with Crippen LogP contribution in [0.25, 0.3) is 0 Å². The standard InChI is InChI=1S/C10H13N5S/c1-7-3-10(15(2)14-7)16-9-6-12-8(4-11)5-13-9/h3,5-6H,4,11H2,1-2H3. The van der Waals surface area contributed by atoms with Crippen molar-refractivity contribution in [3.8, 4) is 0 Å². The van der Waals surface area contributed by atoms with Gasteiger partial charge in [-0.05, 0) is 24.8 Å². The van der Waals surface area contributed by atoms with Crippen molar-refractivity contribution in [2.45, 2.75) is 23.5 Å². The average Bonchev–Trinajstić information content (AvgIpc) is 2.59. The number of hydrogen-bond acceptors (Lipinski definition) is 5. The zero-order valence-corrected chi connectivity index (χ0v) is 10.0. The first-order chi connectivity index (χ1) is 7.69. The Balaban J connectivity index is 2.17. The number of aromatic nitrogens is 4. The smallest absolute Gasteiger partial charge is 0.121 e. The van der Waals surface area contributed by atoms with Crippen molar-refractivity contribution in [1.29, 1.82) is 0 Å². The molecular formula is C10H13N5S. The summed E-state index contributed by atoms with van der Waals surface area (Å²) < 4.78 is 1.83. The third-order valence-corrected chi connectivity index (χ3v) is 3.07. The summed E-state index contributed by atoms with van der Waals surface area (Å²) in [5.74, 6) is 0. The lowest BCUT2D eigenvalue weighted by Gasteiger charge is -2.01. The van der Waals surface area contributed by atoms with Gasteiger partial charge in [-0.15, -0.1) is 0 Å². The molecule has 0 aliphatic carbocycles. The lowest BCUT2D eigenvalue weighted by Crippen LogP contribution is -2.00. The molecule has 5 nitrogen and oxygen atoms in total. The van der Waals surface area contributed by atoms with Crippen molar-refractivity contribution < 1.29 is 0 Å². The Kier molecular flexibility index (Phi) is 3.21. The number of nitrogens with zero attached hydrogens (tertiary/aromatic N) is 4. The van der Waals surface area contributed by atoms with Gasteiger partial charge < -0.3 is 5.73 Å². The van der Waals surface area contributed by atoms with Gasteiger partial charge in [0.25, 0.3) is 0 Å². The van der Waals surface area contributed by atoms with E-state index in [0.717, 1.165) is 21.4 Å². The SMILES string of the molecule is Cc1cc(Sc2cnc(CN)cn2)n(C)n1. The highest BCUT2D eigenvalue weighted by Gasteiger charge is 2.05. The Labute approximate surface area is 98.1 Å². The van der Waals surface area contributed by atoms with Gasteiger partial charge in [-0.25, -0.2) is 4.98 Å². The normalized spacial score (nSPS) is 10.7. The van der Waals surface area contributed by atoms with Gasteiger partial charge in [0.1, 0.15) is 10.1 Å². The maximum atomic E-state index is 5.46. The highest BCUT2D eigenvalue weighted by Crippen LogP contribution is 2.25. The van der Waals surface area contributed by atoms with E-state index >= 15 is 0 Å². The van der Waals surface area contributed by atoms with Crippen molar-refractivity contribution >= 4 is 11.8 Å². The molecule has 6 heteroatoms. The summed E-state index contributed by atoms with van der Waals surface area (Å²) in [6, 6.07) is 2.02. The minimum Gasteiger partial charge on any atom is -0.325 e. The molecule has 0 spiro atoms. The van der Waals surface area contributed by atoms with E-state index in [9.17, 15) is 0 Å². The van der Waals surface area contributed by atoms with E-state index < -0.39 is 0 Å². The van der Waals surface area contributed by atoms with Crippen LogP contribution in [0, 0.1) is 6.92 Å². The number of aryl methyl sites for hydroxylation is 2. The molecule has 84 valence electrons. The minimum atomic E-state index is 0.419. The highest BCUT2D eigenvalue weighted by molar-refractivity contribution is 7.99. The molecule has 0 radical (unpaired) electrons. The van der Waals surface area contributed by atoms with Crippen LogP contribution in [0.1, 0.15) is 11.4 Å².